The van der Waals surface area contributed by atoms with Gasteiger partial charge in [0.1, 0.15) is 5.82 Å². The summed E-state index contributed by atoms with van der Waals surface area (Å²) in [7, 11) is -3.73. The third kappa shape index (κ3) is 4.92. The van der Waals surface area contributed by atoms with Crippen molar-refractivity contribution in [3.8, 4) is 11.3 Å². The van der Waals surface area contributed by atoms with Gasteiger partial charge in [-0.2, -0.15) is 4.31 Å². The lowest BCUT2D eigenvalue weighted by Crippen LogP contribution is -2.38. The van der Waals surface area contributed by atoms with E-state index in [-0.39, 0.29) is 11.9 Å². The predicted molar refractivity (Wildman–Crippen MR) is 144 cm³/mol. The minimum Gasteiger partial charge on any atom is -0.377 e. The summed E-state index contributed by atoms with van der Waals surface area (Å²) in [5, 5.41) is 3.92. The van der Waals surface area contributed by atoms with Crippen LogP contribution in [0.4, 0.5) is 4.39 Å². The Balaban J connectivity index is 1.28. The first kappa shape index (κ1) is 24.2. The average Bonchev–Trinajstić information content (AvgIpc) is 3.65. The van der Waals surface area contributed by atoms with Gasteiger partial charge < -0.3 is 4.74 Å². The molecule has 1 fully saturated rings. The van der Waals surface area contributed by atoms with E-state index >= 15 is 0 Å². The molecule has 0 amide bonds. The second-order valence-corrected chi connectivity index (χ2v) is 12.0. The molecule has 3 aromatic carbocycles. The van der Waals surface area contributed by atoms with Crippen LogP contribution in [0.1, 0.15) is 18.5 Å². The van der Waals surface area contributed by atoms with Gasteiger partial charge in [0.05, 0.1) is 16.7 Å². The number of thiazole rings is 1. The van der Waals surface area contributed by atoms with Crippen LogP contribution >= 0.6 is 11.3 Å². The van der Waals surface area contributed by atoms with Crippen molar-refractivity contribution in [2.24, 2.45) is 0 Å². The fourth-order valence-corrected chi connectivity index (χ4v) is 7.23. The number of nitrogens with zero attached hydrogens (tertiary/aromatic N) is 3. The molecule has 0 aliphatic carbocycles. The normalized spacial score (nSPS) is 16.3. The Morgan fingerprint density at radius 2 is 1.89 bits per heavy atom. The van der Waals surface area contributed by atoms with Crippen LogP contribution in [0.3, 0.4) is 0 Å². The Kier molecular flexibility index (Phi) is 6.54. The standard InChI is InChI=1S/C28H26FN3O3S2/c29-23-10-7-21(8-11-23)27-18-32-24(19-36-28(32)30-27)13-14-31(17-25-6-3-15-35-25)37(33,34)26-12-9-20-4-1-2-5-22(20)16-26/h1-2,4-5,7-12,16,18-19,25H,3,6,13-15,17H2/t25-/m0/s1. The van der Waals surface area contributed by atoms with E-state index in [1.807, 2.05) is 46.3 Å². The van der Waals surface area contributed by atoms with Gasteiger partial charge >= 0.3 is 0 Å². The molecule has 37 heavy (non-hydrogen) atoms. The molecular weight excluding hydrogens is 509 g/mol. The first-order valence-electron chi connectivity index (χ1n) is 12.3. The Bertz CT molecular complexity index is 1660. The van der Waals surface area contributed by atoms with Gasteiger partial charge in [-0.15, -0.1) is 11.3 Å². The minimum atomic E-state index is -3.73. The van der Waals surface area contributed by atoms with Crippen molar-refractivity contribution >= 4 is 37.1 Å². The second-order valence-electron chi connectivity index (χ2n) is 9.27. The maximum absolute atomic E-state index is 13.8. The molecule has 0 unspecified atom stereocenters. The van der Waals surface area contributed by atoms with Crippen LogP contribution < -0.4 is 0 Å². The Morgan fingerprint density at radius 1 is 1.08 bits per heavy atom. The van der Waals surface area contributed by atoms with Crippen LogP contribution in [0.2, 0.25) is 0 Å². The van der Waals surface area contributed by atoms with Crippen LogP contribution in [0.5, 0.6) is 0 Å². The summed E-state index contributed by atoms with van der Waals surface area (Å²) in [6.07, 6.45) is 4.15. The Hall–Kier alpha value is -3.11. The second kappa shape index (κ2) is 9.98. The molecule has 2 aromatic heterocycles. The number of imidazole rings is 1. The van der Waals surface area contributed by atoms with Crippen molar-refractivity contribution in [3.05, 3.63) is 89.8 Å². The van der Waals surface area contributed by atoms with Gasteiger partial charge in [-0.05, 0) is 60.0 Å². The van der Waals surface area contributed by atoms with E-state index < -0.39 is 10.0 Å². The number of fused-ring (bicyclic) bond motifs is 2. The average molecular weight is 536 g/mol. The molecule has 1 aliphatic heterocycles. The topological polar surface area (TPSA) is 63.9 Å². The monoisotopic (exact) mass is 535 g/mol. The molecule has 3 heterocycles. The first-order chi connectivity index (χ1) is 18.0. The number of sulfonamides is 1. The zero-order valence-corrected chi connectivity index (χ0v) is 21.7. The molecule has 0 N–H and O–H groups in total. The van der Waals surface area contributed by atoms with E-state index in [2.05, 4.69) is 4.98 Å². The van der Waals surface area contributed by atoms with Gasteiger partial charge in [0.25, 0.3) is 0 Å². The molecule has 190 valence electrons. The lowest BCUT2D eigenvalue weighted by Gasteiger charge is -2.25. The molecular formula is C28H26FN3O3S2. The van der Waals surface area contributed by atoms with Gasteiger partial charge in [-0.3, -0.25) is 4.40 Å². The molecule has 1 aliphatic rings. The molecule has 1 atom stereocenters. The van der Waals surface area contributed by atoms with Crippen LogP contribution in [0.15, 0.2) is 83.2 Å². The maximum atomic E-state index is 13.8. The Labute approximate surface area is 219 Å². The third-order valence-corrected chi connectivity index (χ3v) is 9.58. The highest BCUT2D eigenvalue weighted by atomic mass is 32.2. The molecule has 0 bridgehead atoms. The number of aromatic nitrogens is 2. The largest absolute Gasteiger partial charge is 0.377 e. The number of halogens is 1. The van der Waals surface area contributed by atoms with E-state index in [1.54, 1.807) is 28.6 Å². The van der Waals surface area contributed by atoms with Crippen LogP contribution in [-0.4, -0.2) is 47.9 Å². The quantitative estimate of drug-likeness (QED) is 0.253. The summed E-state index contributed by atoms with van der Waals surface area (Å²) in [4.78, 5) is 5.79. The molecule has 6 nitrogen and oxygen atoms in total. The summed E-state index contributed by atoms with van der Waals surface area (Å²) in [6, 6.07) is 19.3. The number of hydrogen-bond acceptors (Lipinski definition) is 5. The minimum absolute atomic E-state index is 0.101. The van der Waals surface area contributed by atoms with Crippen molar-refractivity contribution in [1.29, 1.82) is 0 Å². The highest BCUT2D eigenvalue weighted by Crippen LogP contribution is 2.27. The van der Waals surface area contributed by atoms with Crippen molar-refractivity contribution in [2.45, 2.75) is 30.3 Å². The van der Waals surface area contributed by atoms with Crippen molar-refractivity contribution in [1.82, 2.24) is 13.7 Å². The molecule has 0 spiro atoms. The van der Waals surface area contributed by atoms with E-state index in [9.17, 15) is 12.8 Å². The maximum Gasteiger partial charge on any atom is 0.243 e. The number of hydrogen-bond donors (Lipinski definition) is 0. The van der Waals surface area contributed by atoms with Crippen LogP contribution in [0.25, 0.3) is 27.0 Å². The number of rotatable bonds is 8. The van der Waals surface area contributed by atoms with Gasteiger partial charge in [-0.1, -0.05) is 30.3 Å². The predicted octanol–water partition coefficient (Wildman–Crippen LogP) is 5.77. The zero-order chi connectivity index (χ0) is 25.4. The summed E-state index contributed by atoms with van der Waals surface area (Å²) >= 11 is 1.51. The van der Waals surface area contributed by atoms with E-state index in [4.69, 9.17) is 4.74 Å². The molecule has 0 radical (unpaired) electrons. The van der Waals surface area contributed by atoms with Gasteiger partial charge in [0, 0.05) is 49.0 Å². The molecule has 1 saturated heterocycles. The highest BCUT2D eigenvalue weighted by Gasteiger charge is 2.29. The SMILES string of the molecule is O=S(=O)(c1ccc2ccccc2c1)N(CCc1csc2nc(-c3ccc(F)cc3)cn12)C[C@@H]1CCCO1. The van der Waals surface area contributed by atoms with E-state index in [0.29, 0.717) is 31.0 Å². The zero-order valence-electron chi connectivity index (χ0n) is 20.1. The fourth-order valence-electron chi connectivity index (χ4n) is 4.81. The summed E-state index contributed by atoms with van der Waals surface area (Å²) in [6.45, 7) is 1.32. The van der Waals surface area contributed by atoms with Crippen molar-refractivity contribution in [3.63, 3.8) is 0 Å². The summed E-state index contributed by atoms with van der Waals surface area (Å²) < 4.78 is 50.4. The van der Waals surface area contributed by atoms with Gasteiger partial charge in [0.15, 0.2) is 4.96 Å². The highest BCUT2D eigenvalue weighted by molar-refractivity contribution is 7.89. The van der Waals surface area contributed by atoms with Crippen LogP contribution in [-0.2, 0) is 21.2 Å². The molecule has 9 heteroatoms. The van der Waals surface area contributed by atoms with Gasteiger partial charge in [-0.25, -0.2) is 17.8 Å². The number of benzene rings is 3. The fraction of sp³-hybridized carbons (Fsp3) is 0.250. The molecule has 5 aromatic rings. The van der Waals surface area contributed by atoms with E-state index in [0.717, 1.165) is 45.5 Å². The third-order valence-electron chi connectivity index (χ3n) is 6.83. The summed E-state index contributed by atoms with van der Waals surface area (Å²) in [5.41, 5.74) is 2.57. The smallest absolute Gasteiger partial charge is 0.243 e. The first-order valence-corrected chi connectivity index (χ1v) is 14.6. The molecule has 0 saturated carbocycles. The lowest BCUT2D eigenvalue weighted by molar-refractivity contribution is 0.0939. The number of ether oxygens (including phenoxy) is 1. The van der Waals surface area contributed by atoms with Gasteiger partial charge in [0.2, 0.25) is 10.0 Å². The van der Waals surface area contributed by atoms with E-state index in [1.165, 1.54) is 23.5 Å². The van der Waals surface area contributed by atoms with Crippen molar-refractivity contribution in [2.75, 3.05) is 19.7 Å². The molecule has 6 rings (SSSR count). The van der Waals surface area contributed by atoms with Crippen LogP contribution in [0, 0.1) is 5.82 Å². The Morgan fingerprint density at radius 3 is 2.68 bits per heavy atom. The van der Waals surface area contributed by atoms with Crippen molar-refractivity contribution < 1.29 is 17.5 Å². The summed E-state index contributed by atoms with van der Waals surface area (Å²) in [5.74, 6) is -0.288. The lowest BCUT2D eigenvalue weighted by atomic mass is 10.1.